The van der Waals surface area contributed by atoms with Crippen LogP contribution < -0.4 is 0 Å². The van der Waals surface area contributed by atoms with E-state index in [1.54, 1.807) is 13.8 Å². The Morgan fingerprint density at radius 1 is 0.682 bits per heavy atom. The highest BCUT2D eigenvalue weighted by Crippen LogP contribution is 2.07. The van der Waals surface area contributed by atoms with Gasteiger partial charge in [-0.2, -0.15) is 0 Å². The van der Waals surface area contributed by atoms with Gasteiger partial charge in [0.1, 0.15) is 0 Å². The van der Waals surface area contributed by atoms with Crippen molar-refractivity contribution in [2.45, 2.75) is 66.0 Å². The minimum Gasteiger partial charge on any atom is -0.425 e. The standard InChI is InChI=1S/C14H22O8/c1-5-13(19-9(3)15)21-11(17)7-8-12(18)22-14(6-2)20-10(4)16/h13-14H,5-8H2,1-4H3. The maximum absolute atomic E-state index is 11.5. The third-order valence-corrected chi connectivity index (χ3v) is 2.32. The highest BCUT2D eigenvalue weighted by Gasteiger charge is 2.19. The van der Waals surface area contributed by atoms with Crippen molar-refractivity contribution in [3.8, 4) is 0 Å². The lowest BCUT2D eigenvalue weighted by molar-refractivity contribution is -0.192. The van der Waals surface area contributed by atoms with E-state index in [9.17, 15) is 19.2 Å². The molecule has 2 unspecified atom stereocenters. The number of rotatable bonds is 9. The summed E-state index contributed by atoms with van der Waals surface area (Å²) in [5.41, 5.74) is 0. The third-order valence-electron chi connectivity index (χ3n) is 2.32. The average molecular weight is 318 g/mol. The summed E-state index contributed by atoms with van der Waals surface area (Å²) in [6.07, 6.45) is -1.78. The molecule has 0 N–H and O–H groups in total. The van der Waals surface area contributed by atoms with Gasteiger partial charge in [0.05, 0.1) is 12.8 Å². The maximum Gasteiger partial charge on any atom is 0.309 e. The molecular formula is C14H22O8. The Morgan fingerprint density at radius 3 is 1.23 bits per heavy atom. The average Bonchev–Trinajstić information content (AvgIpc) is 2.42. The van der Waals surface area contributed by atoms with Crippen molar-refractivity contribution in [3.63, 3.8) is 0 Å². The molecule has 2 atom stereocenters. The summed E-state index contributed by atoms with van der Waals surface area (Å²) < 4.78 is 19.3. The molecule has 0 fully saturated rings. The molecule has 0 aliphatic heterocycles. The summed E-state index contributed by atoms with van der Waals surface area (Å²) in [6.45, 7) is 5.77. The first-order valence-electron chi connectivity index (χ1n) is 7.01. The summed E-state index contributed by atoms with van der Waals surface area (Å²) in [6, 6.07) is 0. The first kappa shape index (κ1) is 19.9. The van der Waals surface area contributed by atoms with Crippen molar-refractivity contribution in [3.05, 3.63) is 0 Å². The Kier molecular flexibility index (Phi) is 9.56. The molecule has 0 saturated carbocycles. The van der Waals surface area contributed by atoms with Crippen LogP contribution >= 0.6 is 0 Å². The van der Waals surface area contributed by atoms with Crippen LogP contribution in [0.25, 0.3) is 0 Å². The summed E-state index contributed by atoms with van der Waals surface area (Å²) in [7, 11) is 0. The van der Waals surface area contributed by atoms with E-state index in [2.05, 4.69) is 0 Å². The van der Waals surface area contributed by atoms with Gasteiger partial charge in [-0.3, -0.25) is 19.2 Å². The molecule has 0 aromatic carbocycles. The van der Waals surface area contributed by atoms with E-state index >= 15 is 0 Å². The van der Waals surface area contributed by atoms with E-state index in [1.807, 2.05) is 0 Å². The summed E-state index contributed by atoms with van der Waals surface area (Å²) >= 11 is 0. The third kappa shape index (κ3) is 9.73. The molecule has 0 radical (unpaired) electrons. The van der Waals surface area contributed by atoms with Gasteiger partial charge in [0.25, 0.3) is 0 Å². The van der Waals surface area contributed by atoms with Gasteiger partial charge in [0.2, 0.25) is 12.6 Å². The molecule has 8 heteroatoms. The molecule has 126 valence electrons. The predicted molar refractivity (Wildman–Crippen MR) is 73.1 cm³/mol. The minimum atomic E-state index is -0.967. The smallest absolute Gasteiger partial charge is 0.309 e. The fraction of sp³-hybridized carbons (Fsp3) is 0.714. The minimum absolute atomic E-state index is 0.229. The summed E-state index contributed by atoms with van der Waals surface area (Å²) in [5, 5.41) is 0. The number of ether oxygens (including phenoxy) is 4. The molecule has 0 aromatic rings. The number of carbonyl (C=O) groups is 4. The predicted octanol–water partition coefficient (Wildman–Crippen LogP) is 1.45. The molecule has 0 aromatic heterocycles. The van der Waals surface area contributed by atoms with Crippen LogP contribution in [-0.2, 0) is 38.1 Å². The van der Waals surface area contributed by atoms with Crippen molar-refractivity contribution in [2.24, 2.45) is 0 Å². The molecule has 0 amide bonds. The fourth-order valence-corrected chi connectivity index (χ4v) is 1.37. The molecule has 0 aliphatic rings. The van der Waals surface area contributed by atoms with Crippen LogP contribution in [0.3, 0.4) is 0 Å². The van der Waals surface area contributed by atoms with Gasteiger partial charge >= 0.3 is 23.9 Å². The molecule has 0 rings (SSSR count). The fourth-order valence-electron chi connectivity index (χ4n) is 1.37. The lowest BCUT2D eigenvalue weighted by Gasteiger charge is -2.17. The van der Waals surface area contributed by atoms with Crippen molar-refractivity contribution in [1.82, 2.24) is 0 Å². The Balaban J connectivity index is 4.14. The largest absolute Gasteiger partial charge is 0.425 e. The monoisotopic (exact) mass is 318 g/mol. The van der Waals surface area contributed by atoms with E-state index in [1.165, 1.54) is 13.8 Å². The normalized spacial score (nSPS) is 12.7. The molecular weight excluding hydrogens is 296 g/mol. The van der Waals surface area contributed by atoms with E-state index in [-0.39, 0.29) is 12.8 Å². The molecule has 0 heterocycles. The number of esters is 4. The zero-order chi connectivity index (χ0) is 17.1. The molecule has 0 aliphatic carbocycles. The van der Waals surface area contributed by atoms with Crippen molar-refractivity contribution < 1.29 is 38.1 Å². The van der Waals surface area contributed by atoms with Crippen LogP contribution in [0.1, 0.15) is 53.4 Å². The van der Waals surface area contributed by atoms with Crippen molar-refractivity contribution >= 4 is 23.9 Å². The number of hydrogen-bond donors (Lipinski definition) is 0. The van der Waals surface area contributed by atoms with Gasteiger partial charge in [-0.15, -0.1) is 0 Å². The Bertz CT molecular complexity index is 366. The second-order valence-electron chi connectivity index (χ2n) is 4.37. The molecule has 8 nitrogen and oxygen atoms in total. The van der Waals surface area contributed by atoms with Gasteiger partial charge in [0, 0.05) is 26.7 Å². The van der Waals surface area contributed by atoms with E-state index in [4.69, 9.17) is 18.9 Å². The Morgan fingerprint density at radius 2 is 1.00 bits per heavy atom. The van der Waals surface area contributed by atoms with Crippen LogP contribution in [0, 0.1) is 0 Å². The summed E-state index contributed by atoms with van der Waals surface area (Å²) in [4.78, 5) is 44.6. The highest BCUT2D eigenvalue weighted by atomic mass is 16.7. The van der Waals surface area contributed by atoms with Crippen LogP contribution in [0.2, 0.25) is 0 Å². The van der Waals surface area contributed by atoms with Gasteiger partial charge < -0.3 is 18.9 Å². The molecule has 0 bridgehead atoms. The zero-order valence-corrected chi connectivity index (χ0v) is 13.2. The first-order valence-corrected chi connectivity index (χ1v) is 7.01. The quantitative estimate of drug-likeness (QED) is 0.464. The van der Waals surface area contributed by atoms with Crippen LogP contribution in [-0.4, -0.2) is 36.5 Å². The zero-order valence-electron chi connectivity index (χ0n) is 13.2. The van der Waals surface area contributed by atoms with E-state index < -0.39 is 36.5 Å². The second-order valence-corrected chi connectivity index (χ2v) is 4.37. The number of carbonyl (C=O) groups excluding carboxylic acids is 4. The molecule has 0 saturated heterocycles. The lowest BCUT2D eigenvalue weighted by atomic mass is 10.3. The van der Waals surface area contributed by atoms with Gasteiger partial charge in [0.15, 0.2) is 0 Å². The van der Waals surface area contributed by atoms with E-state index in [0.717, 1.165) is 0 Å². The Labute approximate surface area is 129 Å². The molecule has 22 heavy (non-hydrogen) atoms. The Hall–Kier alpha value is -2.12. The maximum atomic E-state index is 11.5. The summed E-state index contributed by atoms with van der Waals surface area (Å²) in [5.74, 6) is -2.51. The number of hydrogen-bond acceptors (Lipinski definition) is 8. The van der Waals surface area contributed by atoms with Crippen molar-refractivity contribution in [2.75, 3.05) is 0 Å². The van der Waals surface area contributed by atoms with Crippen LogP contribution in [0.5, 0.6) is 0 Å². The second kappa shape index (κ2) is 10.6. The van der Waals surface area contributed by atoms with Crippen molar-refractivity contribution in [1.29, 1.82) is 0 Å². The SMILES string of the molecule is CCC(OC(C)=O)OC(=O)CCC(=O)OC(CC)OC(C)=O. The highest BCUT2D eigenvalue weighted by molar-refractivity contribution is 5.78. The van der Waals surface area contributed by atoms with E-state index in [0.29, 0.717) is 12.8 Å². The molecule has 0 spiro atoms. The van der Waals surface area contributed by atoms with Gasteiger partial charge in [-0.25, -0.2) is 0 Å². The van der Waals surface area contributed by atoms with Crippen LogP contribution in [0.15, 0.2) is 0 Å². The van der Waals surface area contributed by atoms with Gasteiger partial charge in [-0.05, 0) is 0 Å². The van der Waals surface area contributed by atoms with Crippen LogP contribution in [0.4, 0.5) is 0 Å². The topological polar surface area (TPSA) is 105 Å². The van der Waals surface area contributed by atoms with Gasteiger partial charge in [-0.1, -0.05) is 13.8 Å². The first-order chi connectivity index (χ1) is 10.3. The lowest BCUT2D eigenvalue weighted by Crippen LogP contribution is -2.25.